The number of carbonyl (C=O) groups is 1. The molecular formula is C17H15FN2O2S. The van der Waals surface area contributed by atoms with E-state index in [9.17, 15) is 9.18 Å². The zero-order valence-electron chi connectivity index (χ0n) is 12.5. The van der Waals surface area contributed by atoms with Crippen LogP contribution in [-0.2, 0) is 17.8 Å². The van der Waals surface area contributed by atoms with Crippen molar-refractivity contribution < 1.29 is 13.6 Å². The van der Waals surface area contributed by atoms with E-state index in [1.807, 2.05) is 6.92 Å². The second-order valence-electron chi connectivity index (χ2n) is 5.05. The molecule has 0 bridgehead atoms. The molecule has 2 aromatic heterocycles. The summed E-state index contributed by atoms with van der Waals surface area (Å²) in [6.45, 7) is 2.31. The van der Waals surface area contributed by atoms with Crippen LogP contribution in [0, 0.1) is 12.7 Å². The number of hydrogen-bond acceptors (Lipinski definition) is 4. The fraction of sp³-hybridized carbons (Fsp3) is 0.176. The number of furan rings is 1. The number of aromatic nitrogens is 1. The standard InChI is InChI=1S/C17H15FN2O2S/c1-11-17(12-4-6-13(18)7-5-12)20-16(23-11)9-15(21)19-10-14-3-2-8-22-14/h2-8H,9-10H2,1H3,(H,19,21). The molecule has 0 aliphatic heterocycles. The zero-order valence-corrected chi connectivity index (χ0v) is 13.3. The number of rotatable bonds is 5. The van der Waals surface area contributed by atoms with E-state index >= 15 is 0 Å². The first-order valence-electron chi connectivity index (χ1n) is 7.13. The predicted octanol–water partition coefficient (Wildman–Crippen LogP) is 3.71. The molecule has 118 valence electrons. The van der Waals surface area contributed by atoms with Crippen molar-refractivity contribution in [2.24, 2.45) is 0 Å². The maximum Gasteiger partial charge on any atom is 0.227 e. The van der Waals surface area contributed by atoms with Gasteiger partial charge in [-0.3, -0.25) is 4.79 Å². The highest BCUT2D eigenvalue weighted by Crippen LogP contribution is 2.27. The van der Waals surface area contributed by atoms with E-state index in [1.165, 1.54) is 23.5 Å². The smallest absolute Gasteiger partial charge is 0.227 e. The lowest BCUT2D eigenvalue weighted by molar-refractivity contribution is -0.120. The molecular weight excluding hydrogens is 315 g/mol. The number of aryl methyl sites for hydroxylation is 1. The van der Waals surface area contributed by atoms with Gasteiger partial charge in [0.15, 0.2) is 0 Å². The van der Waals surface area contributed by atoms with Crippen molar-refractivity contribution in [1.82, 2.24) is 10.3 Å². The average Bonchev–Trinajstić information content (AvgIpc) is 3.16. The first-order valence-corrected chi connectivity index (χ1v) is 7.95. The number of carbonyl (C=O) groups excluding carboxylic acids is 1. The van der Waals surface area contributed by atoms with Gasteiger partial charge in [-0.2, -0.15) is 0 Å². The SMILES string of the molecule is Cc1sc(CC(=O)NCc2ccco2)nc1-c1ccc(F)cc1. The molecule has 2 heterocycles. The Morgan fingerprint density at radius 1 is 1.30 bits per heavy atom. The van der Waals surface area contributed by atoms with Gasteiger partial charge in [-0.15, -0.1) is 11.3 Å². The van der Waals surface area contributed by atoms with Crippen molar-refractivity contribution >= 4 is 17.2 Å². The molecule has 23 heavy (non-hydrogen) atoms. The predicted molar refractivity (Wildman–Crippen MR) is 86.5 cm³/mol. The van der Waals surface area contributed by atoms with Crippen LogP contribution in [0.5, 0.6) is 0 Å². The molecule has 0 aliphatic rings. The Morgan fingerprint density at radius 2 is 2.09 bits per heavy atom. The minimum atomic E-state index is -0.279. The Kier molecular flexibility index (Phi) is 4.52. The molecule has 6 heteroatoms. The Labute approximate surface area is 137 Å². The van der Waals surface area contributed by atoms with Crippen molar-refractivity contribution in [3.8, 4) is 11.3 Å². The van der Waals surface area contributed by atoms with Gasteiger partial charge < -0.3 is 9.73 Å². The van der Waals surface area contributed by atoms with Crippen LogP contribution < -0.4 is 5.32 Å². The van der Waals surface area contributed by atoms with Crippen LogP contribution in [0.25, 0.3) is 11.3 Å². The van der Waals surface area contributed by atoms with Crippen molar-refractivity contribution in [1.29, 1.82) is 0 Å². The molecule has 0 unspecified atom stereocenters. The van der Waals surface area contributed by atoms with Gasteiger partial charge in [0.25, 0.3) is 0 Å². The summed E-state index contributed by atoms with van der Waals surface area (Å²) < 4.78 is 18.2. The lowest BCUT2D eigenvalue weighted by Gasteiger charge is -2.01. The van der Waals surface area contributed by atoms with E-state index in [0.29, 0.717) is 12.3 Å². The number of halogens is 1. The van der Waals surface area contributed by atoms with Gasteiger partial charge in [0.05, 0.1) is 24.9 Å². The summed E-state index contributed by atoms with van der Waals surface area (Å²) in [6.07, 6.45) is 1.79. The Hall–Kier alpha value is -2.47. The molecule has 0 atom stereocenters. The first kappa shape index (κ1) is 15.4. The number of hydrogen-bond donors (Lipinski definition) is 1. The maximum absolute atomic E-state index is 13.0. The number of thiazole rings is 1. The number of nitrogens with zero attached hydrogens (tertiary/aromatic N) is 1. The number of amides is 1. The third-order valence-corrected chi connectivity index (χ3v) is 4.28. The lowest BCUT2D eigenvalue weighted by Crippen LogP contribution is -2.24. The molecule has 0 saturated heterocycles. The highest BCUT2D eigenvalue weighted by Gasteiger charge is 2.13. The van der Waals surface area contributed by atoms with E-state index in [4.69, 9.17) is 4.42 Å². The van der Waals surface area contributed by atoms with E-state index in [-0.39, 0.29) is 18.1 Å². The third-order valence-electron chi connectivity index (χ3n) is 3.31. The normalized spacial score (nSPS) is 10.7. The largest absolute Gasteiger partial charge is 0.467 e. The fourth-order valence-corrected chi connectivity index (χ4v) is 3.15. The van der Waals surface area contributed by atoms with Crippen LogP contribution in [0.2, 0.25) is 0 Å². The van der Waals surface area contributed by atoms with Crippen LogP contribution in [0.1, 0.15) is 15.6 Å². The topological polar surface area (TPSA) is 55.1 Å². The molecule has 0 spiro atoms. The fourth-order valence-electron chi connectivity index (χ4n) is 2.20. The van der Waals surface area contributed by atoms with Gasteiger partial charge in [-0.1, -0.05) is 0 Å². The van der Waals surface area contributed by atoms with E-state index in [2.05, 4.69) is 10.3 Å². The van der Waals surface area contributed by atoms with Gasteiger partial charge in [-0.25, -0.2) is 9.37 Å². The second kappa shape index (κ2) is 6.75. The summed E-state index contributed by atoms with van der Waals surface area (Å²) in [6, 6.07) is 9.78. The minimum Gasteiger partial charge on any atom is -0.467 e. The first-order chi connectivity index (χ1) is 11.1. The molecule has 1 N–H and O–H groups in total. The molecule has 4 nitrogen and oxygen atoms in total. The summed E-state index contributed by atoms with van der Waals surface area (Å²) in [7, 11) is 0. The van der Waals surface area contributed by atoms with Crippen molar-refractivity contribution in [3.05, 3.63) is 64.1 Å². The third kappa shape index (κ3) is 3.84. The van der Waals surface area contributed by atoms with E-state index < -0.39 is 0 Å². The second-order valence-corrected chi connectivity index (χ2v) is 6.34. The molecule has 0 saturated carbocycles. The van der Waals surface area contributed by atoms with Crippen molar-refractivity contribution in [3.63, 3.8) is 0 Å². The molecule has 1 amide bonds. The maximum atomic E-state index is 13.0. The molecule has 0 fully saturated rings. The summed E-state index contributed by atoms with van der Waals surface area (Å²) in [5.74, 6) is 0.320. The lowest BCUT2D eigenvalue weighted by atomic mass is 10.1. The molecule has 0 radical (unpaired) electrons. The van der Waals surface area contributed by atoms with Gasteiger partial charge >= 0.3 is 0 Å². The Morgan fingerprint density at radius 3 is 2.78 bits per heavy atom. The van der Waals surface area contributed by atoms with Gasteiger partial charge in [0.1, 0.15) is 16.6 Å². The molecule has 3 rings (SSSR count). The summed E-state index contributed by atoms with van der Waals surface area (Å²) in [5.41, 5.74) is 1.64. The zero-order chi connectivity index (χ0) is 16.2. The highest BCUT2D eigenvalue weighted by atomic mass is 32.1. The van der Waals surface area contributed by atoms with Crippen molar-refractivity contribution in [2.45, 2.75) is 19.9 Å². The molecule has 1 aromatic carbocycles. The van der Waals surface area contributed by atoms with Crippen LogP contribution in [-0.4, -0.2) is 10.9 Å². The van der Waals surface area contributed by atoms with Crippen LogP contribution in [0.3, 0.4) is 0 Å². The number of nitrogens with one attached hydrogen (secondary N) is 1. The van der Waals surface area contributed by atoms with Gasteiger partial charge in [0.2, 0.25) is 5.91 Å². The average molecular weight is 330 g/mol. The van der Waals surface area contributed by atoms with Crippen LogP contribution in [0.4, 0.5) is 4.39 Å². The Bertz CT molecular complexity index is 795. The van der Waals surface area contributed by atoms with Gasteiger partial charge in [0, 0.05) is 10.4 Å². The quantitative estimate of drug-likeness (QED) is 0.776. The minimum absolute atomic E-state index is 0.110. The Balaban J connectivity index is 1.66. The highest BCUT2D eigenvalue weighted by molar-refractivity contribution is 7.12. The monoisotopic (exact) mass is 330 g/mol. The van der Waals surface area contributed by atoms with E-state index in [1.54, 1.807) is 30.5 Å². The van der Waals surface area contributed by atoms with Gasteiger partial charge in [-0.05, 0) is 43.3 Å². The van der Waals surface area contributed by atoms with Crippen molar-refractivity contribution in [2.75, 3.05) is 0 Å². The van der Waals surface area contributed by atoms with Crippen LogP contribution in [0.15, 0.2) is 47.1 Å². The summed E-state index contributed by atoms with van der Waals surface area (Å²) in [4.78, 5) is 17.5. The summed E-state index contributed by atoms with van der Waals surface area (Å²) in [5, 5.41) is 3.53. The number of benzene rings is 1. The van der Waals surface area contributed by atoms with Crippen LogP contribution >= 0.6 is 11.3 Å². The summed E-state index contributed by atoms with van der Waals surface area (Å²) >= 11 is 1.48. The van der Waals surface area contributed by atoms with E-state index in [0.717, 1.165) is 21.1 Å². The molecule has 0 aliphatic carbocycles. The molecule has 3 aromatic rings.